The lowest BCUT2D eigenvalue weighted by atomic mass is 9.77. The SMILES string of the molecule is Cc1ccc(C(C)(CN)Cc2ccccc2F)cc1. The Balaban J connectivity index is 2.33. The first-order chi connectivity index (χ1) is 9.05. The summed E-state index contributed by atoms with van der Waals surface area (Å²) in [6.07, 6.45) is 0.610. The van der Waals surface area contributed by atoms with E-state index in [-0.39, 0.29) is 11.2 Å². The Morgan fingerprint density at radius 2 is 1.68 bits per heavy atom. The third-order valence-corrected chi connectivity index (χ3v) is 3.74. The first-order valence-electron chi connectivity index (χ1n) is 6.56. The van der Waals surface area contributed by atoms with Crippen LogP contribution in [0.15, 0.2) is 48.5 Å². The van der Waals surface area contributed by atoms with E-state index < -0.39 is 0 Å². The summed E-state index contributed by atoms with van der Waals surface area (Å²) in [5, 5.41) is 0. The third-order valence-electron chi connectivity index (χ3n) is 3.74. The maximum atomic E-state index is 13.8. The Morgan fingerprint density at radius 3 is 2.26 bits per heavy atom. The van der Waals surface area contributed by atoms with Crippen LogP contribution < -0.4 is 5.73 Å². The van der Waals surface area contributed by atoms with E-state index in [1.165, 1.54) is 11.6 Å². The fourth-order valence-corrected chi connectivity index (χ4v) is 2.31. The van der Waals surface area contributed by atoms with E-state index in [0.29, 0.717) is 13.0 Å². The van der Waals surface area contributed by atoms with Crippen molar-refractivity contribution in [1.82, 2.24) is 0 Å². The Labute approximate surface area is 114 Å². The Kier molecular flexibility index (Phi) is 4.01. The molecule has 2 heteroatoms. The van der Waals surface area contributed by atoms with Gasteiger partial charge in [0.15, 0.2) is 0 Å². The first kappa shape index (κ1) is 13.8. The fourth-order valence-electron chi connectivity index (χ4n) is 2.31. The molecule has 19 heavy (non-hydrogen) atoms. The summed E-state index contributed by atoms with van der Waals surface area (Å²) in [7, 11) is 0. The molecule has 0 fully saturated rings. The Morgan fingerprint density at radius 1 is 1.05 bits per heavy atom. The maximum absolute atomic E-state index is 13.8. The molecule has 0 saturated carbocycles. The molecule has 1 unspecified atom stereocenters. The molecule has 0 saturated heterocycles. The standard InChI is InChI=1S/C17H20FN/c1-13-7-9-15(10-8-13)17(2,12-19)11-14-5-3-4-6-16(14)18/h3-10H,11-12,19H2,1-2H3. The molecule has 0 amide bonds. The second-order valence-electron chi connectivity index (χ2n) is 5.40. The highest BCUT2D eigenvalue weighted by molar-refractivity contribution is 5.32. The average Bonchev–Trinajstić information content (AvgIpc) is 2.42. The molecule has 0 radical (unpaired) electrons. The monoisotopic (exact) mass is 257 g/mol. The van der Waals surface area contributed by atoms with Crippen molar-refractivity contribution in [2.24, 2.45) is 5.73 Å². The number of rotatable bonds is 4. The number of nitrogens with two attached hydrogens (primary N) is 1. The van der Waals surface area contributed by atoms with Crippen molar-refractivity contribution >= 4 is 0 Å². The van der Waals surface area contributed by atoms with E-state index in [0.717, 1.165) is 11.1 Å². The van der Waals surface area contributed by atoms with Crippen molar-refractivity contribution in [3.05, 3.63) is 71.0 Å². The molecule has 0 aliphatic heterocycles. The zero-order valence-electron chi connectivity index (χ0n) is 11.5. The molecule has 0 aliphatic rings. The van der Waals surface area contributed by atoms with Crippen LogP contribution in [0.2, 0.25) is 0 Å². The van der Waals surface area contributed by atoms with Crippen LogP contribution in [0, 0.1) is 12.7 Å². The normalized spacial score (nSPS) is 14.1. The lowest BCUT2D eigenvalue weighted by Crippen LogP contribution is -2.34. The van der Waals surface area contributed by atoms with Crippen LogP contribution in [0.4, 0.5) is 4.39 Å². The van der Waals surface area contributed by atoms with E-state index in [4.69, 9.17) is 5.73 Å². The summed E-state index contributed by atoms with van der Waals surface area (Å²) >= 11 is 0. The minimum Gasteiger partial charge on any atom is -0.330 e. The van der Waals surface area contributed by atoms with Gasteiger partial charge in [-0.3, -0.25) is 0 Å². The van der Waals surface area contributed by atoms with E-state index in [1.54, 1.807) is 6.07 Å². The first-order valence-corrected chi connectivity index (χ1v) is 6.56. The molecule has 0 heterocycles. The van der Waals surface area contributed by atoms with E-state index >= 15 is 0 Å². The molecule has 0 bridgehead atoms. The highest BCUT2D eigenvalue weighted by Crippen LogP contribution is 2.28. The summed E-state index contributed by atoms with van der Waals surface area (Å²) in [6.45, 7) is 4.63. The van der Waals surface area contributed by atoms with E-state index in [9.17, 15) is 4.39 Å². The quantitative estimate of drug-likeness (QED) is 0.890. The molecule has 0 spiro atoms. The molecule has 1 nitrogen and oxygen atoms in total. The van der Waals surface area contributed by atoms with Crippen LogP contribution >= 0.6 is 0 Å². The number of hydrogen-bond donors (Lipinski definition) is 1. The minimum absolute atomic E-state index is 0.158. The number of benzene rings is 2. The Bertz CT molecular complexity index is 547. The predicted octanol–water partition coefficient (Wildman–Crippen LogP) is 3.59. The third kappa shape index (κ3) is 3.02. The molecule has 100 valence electrons. The second kappa shape index (κ2) is 5.54. The zero-order valence-corrected chi connectivity index (χ0v) is 11.5. The van der Waals surface area contributed by atoms with Gasteiger partial charge in [-0.1, -0.05) is 55.0 Å². The zero-order chi connectivity index (χ0) is 13.9. The van der Waals surface area contributed by atoms with Crippen molar-refractivity contribution in [2.45, 2.75) is 25.7 Å². The van der Waals surface area contributed by atoms with Gasteiger partial charge in [-0.15, -0.1) is 0 Å². The predicted molar refractivity (Wildman–Crippen MR) is 77.7 cm³/mol. The van der Waals surface area contributed by atoms with Crippen LogP contribution in [-0.4, -0.2) is 6.54 Å². The molecule has 1 atom stereocenters. The number of halogens is 1. The van der Waals surface area contributed by atoms with Crippen molar-refractivity contribution in [3.8, 4) is 0 Å². The molecular formula is C17H20FN. The van der Waals surface area contributed by atoms with Gasteiger partial charge in [0.1, 0.15) is 5.82 Å². The van der Waals surface area contributed by atoms with Gasteiger partial charge in [0.2, 0.25) is 0 Å². The average molecular weight is 257 g/mol. The van der Waals surface area contributed by atoms with Crippen molar-refractivity contribution in [3.63, 3.8) is 0 Å². The summed E-state index contributed by atoms with van der Waals surface area (Å²) in [5.41, 5.74) is 8.80. The van der Waals surface area contributed by atoms with Crippen molar-refractivity contribution in [2.75, 3.05) is 6.54 Å². The molecule has 2 N–H and O–H groups in total. The summed E-state index contributed by atoms with van der Waals surface area (Å²) in [5.74, 6) is -0.158. The maximum Gasteiger partial charge on any atom is 0.126 e. The second-order valence-corrected chi connectivity index (χ2v) is 5.40. The highest BCUT2D eigenvalue weighted by Gasteiger charge is 2.26. The topological polar surface area (TPSA) is 26.0 Å². The molecule has 2 aromatic rings. The van der Waals surface area contributed by atoms with Gasteiger partial charge in [-0.2, -0.15) is 0 Å². The van der Waals surface area contributed by atoms with Gasteiger partial charge in [-0.25, -0.2) is 4.39 Å². The van der Waals surface area contributed by atoms with E-state index in [1.807, 2.05) is 12.1 Å². The Hall–Kier alpha value is -1.67. The minimum atomic E-state index is -0.240. The van der Waals surface area contributed by atoms with Crippen LogP contribution in [0.1, 0.15) is 23.6 Å². The van der Waals surface area contributed by atoms with Crippen LogP contribution in [0.3, 0.4) is 0 Å². The largest absolute Gasteiger partial charge is 0.330 e. The summed E-state index contributed by atoms with van der Waals surface area (Å²) < 4.78 is 13.8. The number of aryl methyl sites for hydroxylation is 1. The van der Waals surface area contributed by atoms with Crippen molar-refractivity contribution < 1.29 is 4.39 Å². The smallest absolute Gasteiger partial charge is 0.126 e. The van der Waals surface area contributed by atoms with Crippen LogP contribution in [0.25, 0.3) is 0 Å². The molecule has 2 rings (SSSR count). The van der Waals surface area contributed by atoms with Gasteiger partial charge in [0, 0.05) is 12.0 Å². The van der Waals surface area contributed by atoms with Crippen LogP contribution in [0.5, 0.6) is 0 Å². The molecule has 0 aromatic heterocycles. The molecular weight excluding hydrogens is 237 g/mol. The molecule has 0 aliphatic carbocycles. The van der Waals surface area contributed by atoms with Crippen molar-refractivity contribution in [1.29, 1.82) is 0 Å². The number of hydrogen-bond acceptors (Lipinski definition) is 1. The van der Waals surface area contributed by atoms with Gasteiger partial charge in [0.25, 0.3) is 0 Å². The highest BCUT2D eigenvalue weighted by atomic mass is 19.1. The summed E-state index contributed by atoms with van der Waals surface area (Å²) in [4.78, 5) is 0. The van der Waals surface area contributed by atoms with Gasteiger partial charge in [0.05, 0.1) is 0 Å². The van der Waals surface area contributed by atoms with Crippen LogP contribution in [-0.2, 0) is 11.8 Å². The van der Waals surface area contributed by atoms with Gasteiger partial charge in [-0.05, 0) is 30.5 Å². The lowest BCUT2D eigenvalue weighted by Gasteiger charge is -2.29. The summed E-state index contributed by atoms with van der Waals surface area (Å²) in [6, 6.07) is 15.2. The van der Waals surface area contributed by atoms with E-state index in [2.05, 4.69) is 38.1 Å². The fraction of sp³-hybridized carbons (Fsp3) is 0.294. The van der Waals surface area contributed by atoms with Gasteiger partial charge >= 0.3 is 0 Å². The van der Waals surface area contributed by atoms with Gasteiger partial charge < -0.3 is 5.73 Å². The molecule has 2 aromatic carbocycles. The lowest BCUT2D eigenvalue weighted by molar-refractivity contribution is 0.467.